The predicted molar refractivity (Wildman–Crippen MR) is 125 cm³/mol. The quantitative estimate of drug-likeness (QED) is 0.305. The molecule has 13 heteroatoms. The van der Waals surface area contributed by atoms with E-state index in [1.54, 1.807) is 0 Å². The molecule has 0 aliphatic rings. The fraction of sp³-hybridized carbons (Fsp3) is 0.208. The number of hydrogen-bond acceptors (Lipinski definition) is 7. The zero-order chi connectivity index (χ0) is 26.4. The topological polar surface area (TPSA) is 126 Å². The number of alkyl halides is 3. The first kappa shape index (κ1) is 25.6. The van der Waals surface area contributed by atoms with Gasteiger partial charge in [0.05, 0.1) is 23.4 Å². The van der Waals surface area contributed by atoms with Crippen LogP contribution >= 0.6 is 0 Å². The molecule has 3 N–H and O–H groups in total. The summed E-state index contributed by atoms with van der Waals surface area (Å²) >= 11 is 0. The zero-order valence-corrected chi connectivity index (χ0v) is 19.5. The number of benzene rings is 2. The molecule has 2 amide bonds. The minimum Gasteiger partial charge on any atom is -0.475 e. The first-order valence-electron chi connectivity index (χ1n) is 11.0. The number of amides is 2. The predicted octanol–water partition coefficient (Wildman–Crippen LogP) is 3.81. The molecule has 0 saturated heterocycles. The van der Waals surface area contributed by atoms with E-state index in [2.05, 4.69) is 25.9 Å². The average molecular weight is 515 g/mol. The molecule has 4 rings (SSSR count). The Morgan fingerprint density at radius 1 is 1.14 bits per heavy atom. The Kier molecular flexibility index (Phi) is 7.63. The van der Waals surface area contributed by atoms with E-state index in [0.717, 1.165) is 34.5 Å². The Labute approximate surface area is 208 Å². The SMILES string of the molecule is Cc1ncnc(OCCO)c1-c1ccc(C[n+]2cc(NC(=O)Nc3cccc(C(F)(F)F)c3)on2)cc1. The van der Waals surface area contributed by atoms with Crippen LogP contribution in [0.5, 0.6) is 5.88 Å². The summed E-state index contributed by atoms with van der Waals surface area (Å²) in [6, 6.07) is 11.0. The van der Waals surface area contributed by atoms with E-state index < -0.39 is 17.8 Å². The fourth-order valence-corrected chi connectivity index (χ4v) is 3.46. The van der Waals surface area contributed by atoms with Gasteiger partial charge in [0.15, 0.2) is 0 Å². The van der Waals surface area contributed by atoms with Gasteiger partial charge in [0.1, 0.15) is 12.9 Å². The van der Waals surface area contributed by atoms with Crippen LogP contribution in [0.15, 0.2) is 65.6 Å². The summed E-state index contributed by atoms with van der Waals surface area (Å²) < 4.78 is 50.6. The lowest BCUT2D eigenvalue weighted by Crippen LogP contribution is -2.35. The number of carbonyl (C=O) groups excluding carboxylic acids is 1. The van der Waals surface area contributed by atoms with Crippen molar-refractivity contribution in [1.82, 2.24) is 15.2 Å². The lowest BCUT2D eigenvalue weighted by Gasteiger charge is -2.11. The van der Waals surface area contributed by atoms with Crippen molar-refractivity contribution in [2.24, 2.45) is 0 Å². The van der Waals surface area contributed by atoms with E-state index in [0.29, 0.717) is 12.4 Å². The zero-order valence-electron chi connectivity index (χ0n) is 19.5. The van der Waals surface area contributed by atoms with Gasteiger partial charge in [-0.3, -0.25) is 9.84 Å². The Morgan fingerprint density at radius 2 is 1.92 bits per heavy atom. The molecule has 2 heterocycles. The summed E-state index contributed by atoms with van der Waals surface area (Å²) in [5.74, 6) is 0.378. The van der Waals surface area contributed by atoms with Crippen LogP contribution in [0.1, 0.15) is 16.8 Å². The van der Waals surface area contributed by atoms with Crippen LogP contribution in [0.4, 0.5) is 29.5 Å². The third-order valence-corrected chi connectivity index (χ3v) is 5.11. The van der Waals surface area contributed by atoms with Gasteiger partial charge in [-0.05, 0) is 35.4 Å². The first-order valence-corrected chi connectivity index (χ1v) is 11.0. The van der Waals surface area contributed by atoms with E-state index in [-0.39, 0.29) is 24.8 Å². The largest absolute Gasteiger partial charge is 0.475 e. The average Bonchev–Trinajstić information content (AvgIpc) is 3.29. The molecule has 2 aromatic carbocycles. The van der Waals surface area contributed by atoms with Crippen molar-refractivity contribution in [3.63, 3.8) is 0 Å². The number of rotatable bonds is 8. The Hall–Kier alpha value is -4.52. The lowest BCUT2D eigenvalue weighted by molar-refractivity contribution is -0.754. The highest BCUT2D eigenvalue weighted by Gasteiger charge is 2.30. The number of anilines is 2. The maximum Gasteiger partial charge on any atom is 0.416 e. The summed E-state index contributed by atoms with van der Waals surface area (Å²) in [4.78, 5) is 20.5. The van der Waals surface area contributed by atoms with E-state index in [1.165, 1.54) is 29.3 Å². The second-order valence-corrected chi connectivity index (χ2v) is 7.83. The summed E-state index contributed by atoms with van der Waals surface area (Å²) in [6.07, 6.45) is -1.69. The van der Waals surface area contributed by atoms with Gasteiger partial charge < -0.3 is 15.2 Å². The van der Waals surface area contributed by atoms with Gasteiger partial charge in [-0.1, -0.05) is 30.3 Å². The minimum atomic E-state index is -4.52. The van der Waals surface area contributed by atoms with Gasteiger partial charge in [-0.2, -0.15) is 13.2 Å². The van der Waals surface area contributed by atoms with Gasteiger partial charge in [0, 0.05) is 11.3 Å². The monoisotopic (exact) mass is 515 g/mol. The van der Waals surface area contributed by atoms with Crippen LogP contribution in [-0.2, 0) is 12.7 Å². The van der Waals surface area contributed by atoms with Crippen molar-refractivity contribution in [2.45, 2.75) is 19.6 Å². The number of aliphatic hydroxyl groups excluding tert-OH is 1. The number of urea groups is 1. The van der Waals surface area contributed by atoms with Gasteiger partial charge in [0.2, 0.25) is 17.7 Å². The number of aromatic nitrogens is 4. The van der Waals surface area contributed by atoms with Crippen LogP contribution in [0, 0.1) is 6.92 Å². The lowest BCUT2D eigenvalue weighted by atomic mass is 10.0. The molecule has 0 atom stereocenters. The number of nitrogens with one attached hydrogen (secondary N) is 2. The molecular weight excluding hydrogens is 493 g/mol. The van der Waals surface area contributed by atoms with Gasteiger partial charge in [0.25, 0.3) is 6.20 Å². The smallest absolute Gasteiger partial charge is 0.416 e. The van der Waals surface area contributed by atoms with Crippen molar-refractivity contribution in [1.29, 1.82) is 0 Å². The van der Waals surface area contributed by atoms with Crippen LogP contribution in [0.2, 0.25) is 0 Å². The molecule has 37 heavy (non-hydrogen) atoms. The number of aliphatic hydroxyl groups is 1. The van der Waals surface area contributed by atoms with E-state index in [9.17, 15) is 18.0 Å². The van der Waals surface area contributed by atoms with Crippen LogP contribution in [0.25, 0.3) is 11.1 Å². The van der Waals surface area contributed by atoms with Crippen LogP contribution < -0.4 is 20.1 Å². The fourth-order valence-electron chi connectivity index (χ4n) is 3.46. The third kappa shape index (κ3) is 6.58. The summed E-state index contributed by atoms with van der Waals surface area (Å²) in [5, 5.41) is 17.6. The highest BCUT2D eigenvalue weighted by molar-refractivity contribution is 5.98. The van der Waals surface area contributed by atoms with Crippen molar-refractivity contribution < 1.29 is 37.0 Å². The number of nitrogens with zero attached hydrogens (tertiary/aromatic N) is 4. The Balaban J connectivity index is 1.38. The van der Waals surface area contributed by atoms with Crippen molar-refractivity contribution in [3.8, 4) is 17.0 Å². The molecular formula is C24H22F3N6O4+. The molecule has 0 radical (unpaired) electrons. The third-order valence-electron chi connectivity index (χ3n) is 5.11. The van der Waals surface area contributed by atoms with E-state index in [4.69, 9.17) is 14.4 Å². The molecule has 0 spiro atoms. The van der Waals surface area contributed by atoms with Gasteiger partial charge in [-0.15, -0.1) is 0 Å². The highest BCUT2D eigenvalue weighted by Crippen LogP contribution is 2.31. The van der Waals surface area contributed by atoms with E-state index in [1.807, 2.05) is 31.2 Å². The Morgan fingerprint density at radius 3 is 2.65 bits per heavy atom. The summed E-state index contributed by atoms with van der Waals surface area (Å²) in [5.41, 5.74) is 2.24. The standard InChI is InChI=1S/C24H21F3N6O4/c1-15-21(22(29-14-28-15)36-10-9-34)17-7-5-16(6-8-17)12-33-13-20(37-32-33)31-23(35)30-19-4-2-3-18(11-19)24(25,26)27/h2-8,11,13-14,34H,9-10,12H2,1H3,(H-,30,31,32,35)/p+1. The molecule has 0 aliphatic carbocycles. The molecule has 0 fully saturated rings. The van der Waals surface area contributed by atoms with Gasteiger partial charge >= 0.3 is 18.1 Å². The molecule has 0 saturated carbocycles. The maximum absolute atomic E-state index is 12.8. The second kappa shape index (κ2) is 11.0. The molecule has 0 bridgehead atoms. The normalized spacial score (nSPS) is 11.3. The van der Waals surface area contributed by atoms with Gasteiger partial charge in [-0.25, -0.2) is 14.8 Å². The molecule has 192 valence electrons. The van der Waals surface area contributed by atoms with Crippen molar-refractivity contribution in [2.75, 3.05) is 23.8 Å². The van der Waals surface area contributed by atoms with Crippen LogP contribution in [0.3, 0.4) is 0 Å². The number of ether oxygens (including phenoxy) is 1. The van der Waals surface area contributed by atoms with Crippen LogP contribution in [-0.4, -0.2) is 39.6 Å². The second-order valence-electron chi connectivity index (χ2n) is 7.83. The summed E-state index contributed by atoms with van der Waals surface area (Å²) in [6.45, 7) is 2.12. The molecule has 0 aliphatic heterocycles. The van der Waals surface area contributed by atoms with Crippen molar-refractivity contribution >= 4 is 17.6 Å². The number of halogens is 3. The number of carbonyl (C=O) groups is 1. The minimum absolute atomic E-state index is 0.00355. The molecule has 2 aromatic heterocycles. The molecule has 10 nitrogen and oxygen atoms in total. The maximum atomic E-state index is 12.8. The van der Waals surface area contributed by atoms with E-state index >= 15 is 0 Å². The first-order chi connectivity index (χ1) is 17.7. The molecule has 4 aromatic rings. The van der Waals surface area contributed by atoms with Crippen molar-refractivity contribution in [3.05, 3.63) is 77.9 Å². The summed E-state index contributed by atoms with van der Waals surface area (Å²) in [7, 11) is 0. The Bertz CT molecular complexity index is 1380. The number of hydrogen-bond donors (Lipinski definition) is 3. The highest BCUT2D eigenvalue weighted by atomic mass is 19.4. The molecule has 0 unspecified atom stereocenters. The number of aryl methyl sites for hydroxylation is 1.